The minimum atomic E-state index is -1.19. The summed E-state index contributed by atoms with van der Waals surface area (Å²) in [6, 6.07) is 13.9. The standard InChI is InChI=1S/C21H23NO5/c1-3-26-18(23)14-16(15-10-6-5-7-11-15)19(21(25)27-4-2)20(24)17-12-8-9-13-22-17/h5-13,16,19H,3-4,14H2,1-2H3/t16-,19-/m1/s1. The van der Waals surface area contributed by atoms with Crippen molar-refractivity contribution in [1.29, 1.82) is 0 Å². The molecular weight excluding hydrogens is 346 g/mol. The third-order valence-electron chi connectivity index (χ3n) is 4.06. The van der Waals surface area contributed by atoms with Gasteiger partial charge in [-0.1, -0.05) is 36.4 Å². The lowest BCUT2D eigenvalue weighted by atomic mass is 9.80. The molecule has 0 N–H and O–H groups in total. The van der Waals surface area contributed by atoms with Crippen molar-refractivity contribution in [3.8, 4) is 0 Å². The number of rotatable bonds is 9. The van der Waals surface area contributed by atoms with E-state index in [-0.39, 0.29) is 25.3 Å². The normalized spacial score (nSPS) is 12.7. The molecule has 0 amide bonds. The summed E-state index contributed by atoms with van der Waals surface area (Å²) < 4.78 is 10.2. The molecule has 0 saturated heterocycles. The number of nitrogens with zero attached hydrogens (tertiary/aromatic N) is 1. The molecule has 1 heterocycles. The van der Waals surface area contributed by atoms with Crippen LogP contribution < -0.4 is 0 Å². The Morgan fingerprint density at radius 2 is 1.59 bits per heavy atom. The number of pyridine rings is 1. The lowest BCUT2D eigenvalue weighted by molar-refractivity contribution is -0.148. The first-order valence-electron chi connectivity index (χ1n) is 8.90. The Bertz CT molecular complexity index is 761. The second kappa shape index (κ2) is 10.2. The van der Waals surface area contributed by atoms with Crippen molar-refractivity contribution in [3.05, 3.63) is 66.0 Å². The average molecular weight is 369 g/mol. The zero-order valence-corrected chi connectivity index (χ0v) is 15.5. The van der Waals surface area contributed by atoms with E-state index in [1.165, 1.54) is 6.20 Å². The topological polar surface area (TPSA) is 82.6 Å². The Hall–Kier alpha value is -3.02. The van der Waals surface area contributed by atoms with Crippen molar-refractivity contribution in [2.24, 2.45) is 5.92 Å². The van der Waals surface area contributed by atoms with Crippen LogP contribution in [0.15, 0.2) is 54.7 Å². The zero-order chi connectivity index (χ0) is 19.6. The second-order valence-electron chi connectivity index (χ2n) is 5.84. The summed E-state index contributed by atoms with van der Waals surface area (Å²) in [6.45, 7) is 3.73. The van der Waals surface area contributed by atoms with Crippen molar-refractivity contribution in [2.75, 3.05) is 13.2 Å². The Kier molecular flexibility index (Phi) is 7.67. The van der Waals surface area contributed by atoms with Gasteiger partial charge in [-0.05, 0) is 31.5 Å². The monoisotopic (exact) mass is 369 g/mol. The van der Waals surface area contributed by atoms with Crippen molar-refractivity contribution in [2.45, 2.75) is 26.2 Å². The van der Waals surface area contributed by atoms with Gasteiger partial charge in [-0.15, -0.1) is 0 Å². The molecule has 0 aliphatic carbocycles. The maximum Gasteiger partial charge on any atom is 0.317 e. The van der Waals surface area contributed by atoms with Crippen LogP contribution in [0.3, 0.4) is 0 Å². The highest BCUT2D eigenvalue weighted by molar-refractivity contribution is 6.08. The molecule has 0 aliphatic heterocycles. The van der Waals surface area contributed by atoms with Gasteiger partial charge in [0.15, 0.2) is 5.78 Å². The highest BCUT2D eigenvalue weighted by atomic mass is 16.5. The van der Waals surface area contributed by atoms with E-state index in [1.54, 1.807) is 56.3 Å². The zero-order valence-electron chi connectivity index (χ0n) is 15.5. The first kappa shape index (κ1) is 20.3. The summed E-state index contributed by atoms with van der Waals surface area (Å²) in [5.74, 6) is -3.53. The second-order valence-corrected chi connectivity index (χ2v) is 5.84. The van der Waals surface area contributed by atoms with Gasteiger partial charge in [0.1, 0.15) is 11.6 Å². The van der Waals surface area contributed by atoms with Crippen molar-refractivity contribution in [1.82, 2.24) is 4.98 Å². The van der Waals surface area contributed by atoms with E-state index in [0.717, 1.165) is 0 Å². The third-order valence-corrected chi connectivity index (χ3v) is 4.06. The predicted octanol–water partition coefficient (Wildman–Crippen LogP) is 3.18. The summed E-state index contributed by atoms with van der Waals surface area (Å²) in [6.07, 6.45) is 1.37. The molecule has 0 bridgehead atoms. The lowest BCUT2D eigenvalue weighted by Crippen LogP contribution is -2.34. The van der Waals surface area contributed by atoms with Crippen LogP contribution in [-0.4, -0.2) is 35.9 Å². The first-order valence-corrected chi connectivity index (χ1v) is 8.90. The number of Topliss-reactive ketones (excluding diaryl/α,β-unsaturated/α-hetero) is 1. The molecule has 0 fully saturated rings. The van der Waals surface area contributed by atoms with Gasteiger partial charge in [0, 0.05) is 12.1 Å². The Morgan fingerprint density at radius 3 is 2.19 bits per heavy atom. The van der Waals surface area contributed by atoms with Crippen LogP contribution >= 0.6 is 0 Å². The molecule has 2 atom stereocenters. The number of carbonyl (C=O) groups is 3. The molecule has 0 saturated carbocycles. The molecular formula is C21H23NO5. The number of ketones is 1. The molecule has 0 unspecified atom stereocenters. The van der Waals surface area contributed by atoms with E-state index in [2.05, 4.69) is 4.98 Å². The fourth-order valence-corrected chi connectivity index (χ4v) is 2.88. The third kappa shape index (κ3) is 5.48. The van der Waals surface area contributed by atoms with Crippen LogP contribution in [0.1, 0.15) is 42.2 Å². The molecule has 142 valence electrons. The van der Waals surface area contributed by atoms with Gasteiger partial charge in [-0.3, -0.25) is 19.4 Å². The van der Waals surface area contributed by atoms with Crippen LogP contribution in [0.5, 0.6) is 0 Å². The summed E-state index contributed by atoms with van der Waals surface area (Å²) in [5, 5.41) is 0. The highest BCUT2D eigenvalue weighted by Gasteiger charge is 2.39. The molecule has 6 nitrogen and oxygen atoms in total. The van der Waals surface area contributed by atoms with Gasteiger partial charge in [0.25, 0.3) is 0 Å². The summed E-state index contributed by atoms with van der Waals surface area (Å²) in [7, 11) is 0. The Morgan fingerprint density at radius 1 is 0.926 bits per heavy atom. The molecule has 6 heteroatoms. The van der Waals surface area contributed by atoms with E-state index < -0.39 is 29.6 Å². The van der Waals surface area contributed by atoms with Crippen LogP contribution in [0, 0.1) is 5.92 Å². The Balaban J connectivity index is 2.46. The fraction of sp³-hybridized carbons (Fsp3) is 0.333. The maximum absolute atomic E-state index is 13.1. The summed E-state index contributed by atoms with van der Waals surface area (Å²) >= 11 is 0. The van der Waals surface area contributed by atoms with E-state index in [0.29, 0.717) is 5.56 Å². The van der Waals surface area contributed by atoms with Gasteiger partial charge in [-0.2, -0.15) is 0 Å². The minimum Gasteiger partial charge on any atom is -0.466 e. The molecule has 0 aliphatic rings. The van der Waals surface area contributed by atoms with Crippen molar-refractivity contribution >= 4 is 17.7 Å². The summed E-state index contributed by atoms with van der Waals surface area (Å²) in [4.78, 5) is 42.0. The number of carbonyl (C=O) groups excluding carboxylic acids is 3. The van der Waals surface area contributed by atoms with Crippen molar-refractivity contribution in [3.63, 3.8) is 0 Å². The molecule has 1 aromatic heterocycles. The van der Waals surface area contributed by atoms with E-state index in [4.69, 9.17) is 9.47 Å². The number of aromatic nitrogens is 1. The first-order chi connectivity index (χ1) is 13.1. The van der Waals surface area contributed by atoms with E-state index in [1.807, 2.05) is 6.07 Å². The number of hydrogen-bond acceptors (Lipinski definition) is 6. The Labute approximate surface area is 158 Å². The predicted molar refractivity (Wildman–Crippen MR) is 99.1 cm³/mol. The number of benzene rings is 1. The summed E-state index contributed by atoms with van der Waals surface area (Å²) in [5.41, 5.74) is 0.841. The fourth-order valence-electron chi connectivity index (χ4n) is 2.88. The van der Waals surface area contributed by atoms with Gasteiger partial charge in [0.05, 0.1) is 19.6 Å². The van der Waals surface area contributed by atoms with E-state index >= 15 is 0 Å². The molecule has 0 spiro atoms. The van der Waals surface area contributed by atoms with E-state index in [9.17, 15) is 14.4 Å². The smallest absolute Gasteiger partial charge is 0.317 e. The minimum absolute atomic E-state index is 0.111. The van der Waals surface area contributed by atoms with Gasteiger partial charge in [-0.25, -0.2) is 0 Å². The van der Waals surface area contributed by atoms with Crippen molar-refractivity contribution < 1.29 is 23.9 Å². The maximum atomic E-state index is 13.1. The van der Waals surface area contributed by atoms with Gasteiger partial charge >= 0.3 is 11.9 Å². The molecule has 2 rings (SSSR count). The number of hydrogen-bond donors (Lipinski definition) is 0. The van der Waals surface area contributed by atoms with Gasteiger partial charge < -0.3 is 9.47 Å². The average Bonchev–Trinajstić information content (AvgIpc) is 2.69. The molecule has 1 aromatic carbocycles. The number of ether oxygens (including phenoxy) is 2. The quantitative estimate of drug-likeness (QED) is 0.384. The number of esters is 2. The SMILES string of the molecule is CCOC(=O)C[C@H](c1ccccc1)[C@@H](C(=O)OCC)C(=O)c1ccccn1. The molecule has 0 radical (unpaired) electrons. The van der Waals surface area contributed by atoms with Crippen LogP contribution in [0.2, 0.25) is 0 Å². The lowest BCUT2D eigenvalue weighted by Gasteiger charge is -2.24. The van der Waals surface area contributed by atoms with Crippen LogP contribution in [0.4, 0.5) is 0 Å². The molecule has 2 aromatic rings. The van der Waals surface area contributed by atoms with Gasteiger partial charge in [0.2, 0.25) is 0 Å². The molecule has 27 heavy (non-hydrogen) atoms. The largest absolute Gasteiger partial charge is 0.466 e. The van der Waals surface area contributed by atoms with Crippen LogP contribution in [-0.2, 0) is 19.1 Å². The highest BCUT2D eigenvalue weighted by Crippen LogP contribution is 2.32. The van der Waals surface area contributed by atoms with Crippen LogP contribution in [0.25, 0.3) is 0 Å².